The van der Waals surface area contributed by atoms with Gasteiger partial charge in [0.05, 0.1) is 6.10 Å². The summed E-state index contributed by atoms with van der Waals surface area (Å²) < 4.78 is 14.0. The molecule has 1 saturated heterocycles. The van der Waals surface area contributed by atoms with E-state index in [1.165, 1.54) is 22.1 Å². The number of anilines is 1. The maximum Gasteiger partial charge on any atom is 0.333 e. The van der Waals surface area contributed by atoms with Gasteiger partial charge >= 0.3 is 11.7 Å². The average Bonchev–Trinajstić information content (AvgIpc) is 3.03. The summed E-state index contributed by atoms with van der Waals surface area (Å²) in [5, 5.41) is 0. The van der Waals surface area contributed by atoms with Gasteiger partial charge in [0.2, 0.25) is 5.95 Å². The lowest BCUT2D eigenvalue weighted by Gasteiger charge is -2.21. The van der Waals surface area contributed by atoms with Gasteiger partial charge in [0.1, 0.15) is 0 Å². The number of H-pyrrole nitrogens is 1. The van der Waals surface area contributed by atoms with E-state index in [-0.39, 0.29) is 35.7 Å². The Morgan fingerprint density at radius 3 is 2.78 bits per heavy atom. The molecule has 3 rings (SSSR count). The molecule has 0 aliphatic carbocycles. The van der Waals surface area contributed by atoms with Gasteiger partial charge in [-0.15, -0.1) is 6.58 Å². The molecule has 0 radical (unpaired) electrons. The summed E-state index contributed by atoms with van der Waals surface area (Å²) in [6.07, 6.45) is 0.339. The van der Waals surface area contributed by atoms with E-state index in [1.807, 2.05) is 13.8 Å². The summed E-state index contributed by atoms with van der Waals surface area (Å²) in [7, 11) is 0. The fourth-order valence-corrected chi connectivity index (χ4v) is 3.61. The van der Waals surface area contributed by atoms with Gasteiger partial charge in [-0.3, -0.25) is 19.1 Å². The highest BCUT2D eigenvalue weighted by Gasteiger charge is 2.46. The fraction of sp³-hybridized carbons (Fsp3) is 0.529. The zero-order valence-electron chi connectivity index (χ0n) is 15.5. The lowest BCUT2D eigenvalue weighted by atomic mass is 9.98. The number of hydrogen-bond acceptors (Lipinski definition) is 7. The van der Waals surface area contributed by atoms with Crippen LogP contribution in [-0.2, 0) is 20.8 Å². The SMILES string of the molecule is C=CCn1c(=O)n([C@@H]2O[C@H](CC)[C@@H](C)C2OC(C)=O)c2nc(N)[nH]c(=O)c21. The normalized spacial score (nSPS) is 25.0. The Labute approximate surface area is 154 Å². The van der Waals surface area contributed by atoms with Gasteiger partial charge in [-0.1, -0.05) is 19.9 Å². The highest BCUT2D eigenvalue weighted by atomic mass is 16.6. The molecule has 3 N–H and O–H groups in total. The number of carbonyl (C=O) groups is 1. The van der Waals surface area contributed by atoms with E-state index in [0.29, 0.717) is 6.42 Å². The number of esters is 1. The van der Waals surface area contributed by atoms with Gasteiger partial charge in [-0.25, -0.2) is 9.36 Å². The molecule has 10 heteroatoms. The average molecular weight is 377 g/mol. The predicted octanol–water partition coefficient (Wildman–Crippen LogP) is 0.530. The van der Waals surface area contributed by atoms with Crippen LogP contribution in [0.5, 0.6) is 0 Å². The Bertz CT molecular complexity index is 1000. The van der Waals surface area contributed by atoms with E-state index in [2.05, 4.69) is 16.5 Å². The maximum atomic E-state index is 13.1. The number of hydrogen-bond donors (Lipinski definition) is 2. The Hall–Kier alpha value is -2.88. The second-order valence-electron chi connectivity index (χ2n) is 6.58. The third-order valence-corrected chi connectivity index (χ3v) is 4.80. The molecule has 0 amide bonds. The zero-order chi connectivity index (χ0) is 19.9. The standard InChI is InChI=1S/C17H23N5O5/c1-5-7-21-11-13(19-16(18)20-14(11)24)22(17(21)25)15-12(26-9(4)23)8(3)10(6-2)27-15/h5,8,10,12,15H,1,6-7H2,2-4H3,(H3,18,19,20,24)/t8-,10-,12?,15-/m1/s1. The first-order valence-corrected chi connectivity index (χ1v) is 8.74. The minimum absolute atomic E-state index is 0.0619. The van der Waals surface area contributed by atoms with Gasteiger partial charge in [0, 0.05) is 19.4 Å². The van der Waals surface area contributed by atoms with Gasteiger partial charge in [0.25, 0.3) is 5.56 Å². The van der Waals surface area contributed by atoms with Gasteiger partial charge in [0.15, 0.2) is 23.5 Å². The van der Waals surface area contributed by atoms with Crippen molar-refractivity contribution in [1.82, 2.24) is 19.1 Å². The molecule has 27 heavy (non-hydrogen) atoms. The van der Waals surface area contributed by atoms with Crippen LogP contribution < -0.4 is 17.0 Å². The number of nitrogens with two attached hydrogens (primary N) is 1. The molecule has 1 aliphatic rings. The maximum absolute atomic E-state index is 13.1. The first-order valence-electron chi connectivity index (χ1n) is 8.74. The van der Waals surface area contributed by atoms with Gasteiger partial charge in [-0.2, -0.15) is 4.98 Å². The number of carbonyl (C=O) groups excluding carboxylic acids is 1. The van der Waals surface area contributed by atoms with Crippen molar-refractivity contribution in [2.24, 2.45) is 5.92 Å². The number of nitrogen functional groups attached to an aromatic ring is 1. The van der Waals surface area contributed by atoms with Crippen molar-refractivity contribution in [1.29, 1.82) is 0 Å². The first kappa shape index (κ1) is 18.9. The second kappa shape index (κ2) is 7.03. The van der Waals surface area contributed by atoms with E-state index in [9.17, 15) is 14.4 Å². The molecule has 1 unspecified atom stereocenters. The number of nitrogens with one attached hydrogen (secondary N) is 1. The Balaban J connectivity index is 2.27. The number of fused-ring (bicyclic) bond motifs is 1. The van der Waals surface area contributed by atoms with E-state index < -0.39 is 29.6 Å². The van der Waals surface area contributed by atoms with Crippen LogP contribution >= 0.6 is 0 Å². The van der Waals surface area contributed by atoms with Crippen LogP contribution in [0.2, 0.25) is 0 Å². The van der Waals surface area contributed by atoms with Crippen LogP contribution in [0.15, 0.2) is 22.2 Å². The van der Waals surface area contributed by atoms with Crippen LogP contribution in [0.3, 0.4) is 0 Å². The van der Waals surface area contributed by atoms with E-state index in [1.54, 1.807) is 0 Å². The topological polar surface area (TPSA) is 134 Å². The number of imidazole rings is 1. The number of nitrogens with zero attached hydrogens (tertiary/aromatic N) is 3. The molecule has 0 aromatic carbocycles. The monoisotopic (exact) mass is 377 g/mol. The predicted molar refractivity (Wildman–Crippen MR) is 98.1 cm³/mol. The van der Waals surface area contributed by atoms with Crippen molar-refractivity contribution < 1.29 is 14.3 Å². The number of allylic oxidation sites excluding steroid dienone is 1. The Morgan fingerprint density at radius 1 is 1.48 bits per heavy atom. The van der Waals surface area contributed by atoms with E-state index in [0.717, 1.165) is 0 Å². The zero-order valence-corrected chi connectivity index (χ0v) is 15.5. The third kappa shape index (κ3) is 3.05. The molecule has 2 aromatic heterocycles. The quantitative estimate of drug-likeness (QED) is 0.573. The van der Waals surface area contributed by atoms with Crippen LogP contribution in [0, 0.1) is 5.92 Å². The first-order chi connectivity index (χ1) is 12.8. The van der Waals surface area contributed by atoms with Crippen LogP contribution in [0.25, 0.3) is 11.2 Å². The molecule has 3 heterocycles. The highest BCUT2D eigenvalue weighted by molar-refractivity contribution is 5.72. The number of rotatable bonds is 5. The molecule has 0 saturated carbocycles. The molecular formula is C17H23N5O5. The van der Waals surface area contributed by atoms with Crippen molar-refractivity contribution in [2.75, 3.05) is 5.73 Å². The second-order valence-corrected chi connectivity index (χ2v) is 6.58. The smallest absolute Gasteiger partial charge is 0.333 e. The van der Waals surface area contributed by atoms with Gasteiger partial charge < -0.3 is 15.2 Å². The minimum atomic E-state index is -0.913. The number of aromatic nitrogens is 4. The largest absolute Gasteiger partial charge is 0.457 e. The van der Waals surface area contributed by atoms with Crippen molar-refractivity contribution in [3.05, 3.63) is 33.5 Å². The Kier molecular flexibility index (Phi) is 4.92. The molecule has 2 aromatic rings. The summed E-state index contributed by atoms with van der Waals surface area (Å²) in [5.41, 5.74) is 4.77. The number of aromatic amines is 1. The van der Waals surface area contributed by atoms with Crippen molar-refractivity contribution >= 4 is 23.1 Å². The molecule has 0 bridgehead atoms. The lowest BCUT2D eigenvalue weighted by molar-refractivity contribution is -0.153. The van der Waals surface area contributed by atoms with Gasteiger partial charge in [-0.05, 0) is 6.42 Å². The summed E-state index contributed by atoms with van der Waals surface area (Å²) in [6.45, 7) is 8.86. The fourth-order valence-electron chi connectivity index (χ4n) is 3.61. The van der Waals surface area contributed by atoms with Crippen molar-refractivity contribution in [2.45, 2.75) is 52.2 Å². The third-order valence-electron chi connectivity index (χ3n) is 4.80. The molecule has 4 atom stereocenters. The van der Waals surface area contributed by atoms with E-state index in [4.69, 9.17) is 15.2 Å². The summed E-state index contributed by atoms with van der Waals surface area (Å²) in [6, 6.07) is 0. The molecular weight excluding hydrogens is 354 g/mol. The molecule has 1 fully saturated rings. The van der Waals surface area contributed by atoms with Crippen LogP contribution in [0.4, 0.5) is 5.95 Å². The summed E-state index contributed by atoms with van der Waals surface area (Å²) >= 11 is 0. The summed E-state index contributed by atoms with van der Waals surface area (Å²) in [5.74, 6) is -0.752. The van der Waals surface area contributed by atoms with Crippen molar-refractivity contribution in [3.8, 4) is 0 Å². The van der Waals surface area contributed by atoms with E-state index >= 15 is 0 Å². The van der Waals surface area contributed by atoms with Crippen LogP contribution in [-0.4, -0.2) is 37.3 Å². The molecule has 1 aliphatic heterocycles. The molecule has 146 valence electrons. The van der Waals surface area contributed by atoms with Crippen molar-refractivity contribution in [3.63, 3.8) is 0 Å². The molecule has 0 spiro atoms. The number of ether oxygens (including phenoxy) is 2. The highest BCUT2D eigenvalue weighted by Crippen LogP contribution is 2.37. The Morgan fingerprint density at radius 2 is 2.19 bits per heavy atom. The van der Waals surface area contributed by atoms with Crippen LogP contribution in [0.1, 0.15) is 33.4 Å². The summed E-state index contributed by atoms with van der Waals surface area (Å²) in [4.78, 5) is 43.6. The minimum Gasteiger partial charge on any atom is -0.457 e. The molecule has 10 nitrogen and oxygen atoms in total. The lowest BCUT2D eigenvalue weighted by Crippen LogP contribution is -2.35.